The topological polar surface area (TPSA) is 29.4 Å². The molecule has 2 aliphatic rings. The van der Waals surface area contributed by atoms with Gasteiger partial charge in [0.05, 0.1) is 5.71 Å². The summed E-state index contributed by atoms with van der Waals surface area (Å²) in [6.07, 6.45) is 1.64. The molecule has 0 spiro atoms. The van der Waals surface area contributed by atoms with E-state index in [0.29, 0.717) is 0 Å². The normalized spacial score (nSPS) is 14.8. The minimum absolute atomic E-state index is 0.157. The van der Waals surface area contributed by atoms with Gasteiger partial charge in [-0.05, 0) is 41.3 Å². The largest absolute Gasteiger partial charge is 0.270 e. The third-order valence-corrected chi connectivity index (χ3v) is 5.94. The van der Waals surface area contributed by atoms with Crippen LogP contribution in [-0.4, -0.2) is 11.6 Å². The summed E-state index contributed by atoms with van der Waals surface area (Å²) in [4.78, 5) is 18.2. The van der Waals surface area contributed by atoms with E-state index in [1.54, 1.807) is 17.8 Å². The number of carbonyl (C=O) groups excluding carboxylic acids is 1. The summed E-state index contributed by atoms with van der Waals surface area (Å²) in [7, 11) is 0. The molecule has 0 saturated heterocycles. The first-order valence-corrected chi connectivity index (χ1v) is 9.16. The van der Waals surface area contributed by atoms with E-state index in [4.69, 9.17) is 0 Å². The average molecular weight is 392 g/mol. The van der Waals surface area contributed by atoms with Crippen molar-refractivity contribution < 1.29 is 4.79 Å². The van der Waals surface area contributed by atoms with Crippen molar-refractivity contribution in [3.8, 4) is 0 Å². The summed E-state index contributed by atoms with van der Waals surface area (Å²) in [6, 6.07) is 18.8. The zero-order chi connectivity index (χ0) is 16.3. The van der Waals surface area contributed by atoms with Crippen LogP contribution in [0.1, 0.15) is 11.1 Å². The SMILES string of the molecule is O=C1C=C2C(=N1)c1cccc3c(Sc4ccc(Br)cc4)ccc2c13. The van der Waals surface area contributed by atoms with Crippen molar-refractivity contribution in [1.29, 1.82) is 0 Å². The lowest BCUT2D eigenvalue weighted by atomic mass is 10.0. The van der Waals surface area contributed by atoms with Crippen LogP contribution in [0.3, 0.4) is 0 Å². The zero-order valence-electron chi connectivity index (χ0n) is 12.4. The summed E-state index contributed by atoms with van der Waals surface area (Å²) in [5.41, 5.74) is 3.97. The van der Waals surface area contributed by atoms with Gasteiger partial charge >= 0.3 is 0 Å². The van der Waals surface area contributed by atoms with Crippen LogP contribution in [0.5, 0.6) is 0 Å². The van der Waals surface area contributed by atoms with Crippen LogP contribution < -0.4 is 0 Å². The fraction of sp³-hybridized carbons (Fsp3) is 0. The molecule has 4 heteroatoms. The van der Waals surface area contributed by atoms with E-state index in [0.717, 1.165) is 26.9 Å². The van der Waals surface area contributed by atoms with E-state index >= 15 is 0 Å². The summed E-state index contributed by atoms with van der Waals surface area (Å²) in [5, 5.41) is 2.42. The lowest BCUT2D eigenvalue weighted by molar-refractivity contribution is -0.113. The lowest BCUT2D eigenvalue weighted by Gasteiger charge is -2.08. The van der Waals surface area contributed by atoms with Crippen LogP contribution in [0, 0.1) is 0 Å². The minimum atomic E-state index is -0.157. The molecule has 24 heavy (non-hydrogen) atoms. The summed E-state index contributed by atoms with van der Waals surface area (Å²) >= 11 is 5.23. The molecule has 1 amide bonds. The fourth-order valence-electron chi connectivity index (χ4n) is 3.33. The molecule has 0 N–H and O–H groups in total. The Morgan fingerprint density at radius 2 is 1.75 bits per heavy atom. The van der Waals surface area contributed by atoms with E-state index < -0.39 is 0 Å². The summed E-state index contributed by atoms with van der Waals surface area (Å²) < 4.78 is 1.08. The number of hydrogen-bond donors (Lipinski definition) is 0. The molecule has 0 bridgehead atoms. The molecule has 3 aromatic rings. The van der Waals surface area contributed by atoms with Gasteiger partial charge in [0.1, 0.15) is 0 Å². The zero-order valence-corrected chi connectivity index (χ0v) is 14.8. The van der Waals surface area contributed by atoms with Crippen LogP contribution in [0.4, 0.5) is 0 Å². The molecule has 0 unspecified atom stereocenters. The van der Waals surface area contributed by atoms with E-state index in [9.17, 15) is 4.79 Å². The van der Waals surface area contributed by atoms with Crippen LogP contribution in [0.15, 0.2) is 79.9 Å². The van der Waals surface area contributed by atoms with Gasteiger partial charge in [-0.15, -0.1) is 0 Å². The molecule has 1 aliphatic heterocycles. The van der Waals surface area contributed by atoms with Gasteiger partial charge in [0.15, 0.2) is 0 Å². The highest BCUT2D eigenvalue weighted by atomic mass is 79.9. The number of nitrogens with zero attached hydrogens (tertiary/aromatic N) is 1. The van der Waals surface area contributed by atoms with Gasteiger partial charge in [-0.3, -0.25) is 4.79 Å². The molecule has 0 saturated carbocycles. The van der Waals surface area contributed by atoms with Gasteiger partial charge in [0.25, 0.3) is 5.91 Å². The number of rotatable bonds is 2. The number of fused-ring (bicyclic) bond motifs is 3. The highest BCUT2D eigenvalue weighted by Crippen LogP contribution is 2.44. The second kappa shape index (κ2) is 5.16. The minimum Gasteiger partial charge on any atom is -0.267 e. The second-order valence-electron chi connectivity index (χ2n) is 5.75. The smallest absolute Gasteiger partial charge is 0.267 e. The van der Waals surface area contributed by atoms with Crippen molar-refractivity contribution in [2.24, 2.45) is 4.99 Å². The maximum absolute atomic E-state index is 11.6. The van der Waals surface area contributed by atoms with Crippen molar-refractivity contribution in [3.05, 3.63) is 76.3 Å². The standard InChI is InChI=1S/C20H10BrNOS/c21-11-4-6-12(7-5-11)24-17-9-8-13-16-10-18(23)22-20(16)15-3-1-2-14(17)19(13)15/h1-10H. The van der Waals surface area contributed by atoms with Crippen molar-refractivity contribution in [2.75, 3.05) is 0 Å². The Kier molecular flexibility index (Phi) is 3.05. The molecule has 3 aromatic carbocycles. The van der Waals surface area contributed by atoms with Crippen LogP contribution in [-0.2, 0) is 4.79 Å². The van der Waals surface area contributed by atoms with Crippen LogP contribution >= 0.6 is 27.7 Å². The number of halogens is 1. The molecule has 5 rings (SSSR count). The van der Waals surface area contributed by atoms with Gasteiger partial charge in [-0.2, -0.15) is 0 Å². The molecular formula is C20H10BrNOS. The van der Waals surface area contributed by atoms with E-state index in [-0.39, 0.29) is 5.91 Å². The number of aliphatic imine (C=N–C) groups is 1. The number of hydrogen-bond acceptors (Lipinski definition) is 2. The maximum atomic E-state index is 11.6. The summed E-state index contributed by atoms with van der Waals surface area (Å²) in [6.45, 7) is 0. The molecular weight excluding hydrogens is 382 g/mol. The Bertz CT molecular complexity index is 1070. The van der Waals surface area contributed by atoms with E-state index in [1.807, 2.05) is 6.07 Å². The van der Waals surface area contributed by atoms with Crippen molar-refractivity contribution >= 4 is 55.7 Å². The number of benzene rings is 3. The van der Waals surface area contributed by atoms with Crippen LogP contribution in [0.2, 0.25) is 0 Å². The third-order valence-electron chi connectivity index (χ3n) is 4.33. The van der Waals surface area contributed by atoms with Crippen molar-refractivity contribution in [3.63, 3.8) is 0 Å². The van der Waals surface area contributed by atoms with Crippen LogP contribution in [0.25, 0.3) is 16.3 Å². The van der Waals surface area contributed by atoms with Gasteiger partial charge in [0, 0.05) is 36.9 Å². The Balaban J connectivity index is 1.70. The third kappa shape index (κ3) is 2.03. The molecule has 2 nitrogen and oxygen atoms in total. The van der Waals surface area contributed by atoms with E-state index in [2.05, 4.69) is 69.5 Å². The predicted molar refractivity (Wildman–Crippen MR) is 102 cm³/mol. The first-order valence-electron chi connectivity index (χ1n) is 7.55. The molecule has 1 aliphatic carbocycles. The van der Waals surface area contributed by atoms with Crippen molar-refractivity contribution in [1.82, 2.24) is 0 Å². The van der Waals surface area contributed by atoms with Gasteiger partial charge < -0.3 is 0 Å². The Morgan fingerprint density at radius 1 is 0.917 bits per heavy atom. The first-order chi connectivity index (χ1) is 11.7. The number of amides is 1. The predicted octanol–water partition coefficient (Wildman–Crippen LogP) is 5.48. The lowest BCUT2D eigenvalue weighted by Crippen LogP contribution is -1.92. The molecule has 0 radical (unpaired) electrons. The molecule has 0 aromatic heterocycles. The Labute approximate surface area is 151 Å². The maximum Gasteiger partial charge on any atom is 0.270 e. The highest BCUT2D eigenvalue weighted by molar-refractivity contribution is 9.10. The first kappa shape index (κ1) is 14.2. The Morgan fingerprint density at radius 3 is 2.58 bits per heavy atom. The quantitative estimate of drug-likeness (QED) is 0.578. The average Bonchev–Trinajstić information content (AvgIpc) is 3.10. The molecule has 0 atom stereocenters. The monoisotopic (exact) mass is 391 g/mol. The molecule has 114 valence electrons. The second-order valence-corrected chi connectivity index (χ2v) is 7.78. The summed E-state index contributed by atoms with van der Waals surface area (Å²) in [5.74, 6) is -0.157. The van der Waals surface area contributed by atoms with Gasteiger partial charge in [-0.25, -0.2) is 4.99 Å². The van der Waals surface area contributed by atoms with Gasteiger partial charge in [0.2, 0.25) is 0 Å². The fourth-order valence-corrected chi connectivity index (χ4v) is 4.53. The molecule has 0 fully saturated rings. The van der Waals surface area contributed by atoms with Crippen molar-refractivity contribution in [2.45, 2.75) is 9.79 Å². The Hall–Kier alpha value is -2.17. The van der Waals surface area contributed by atoms with E-state index in [1.165, 1.54) is 20.6 Å². The number of carbonyl (C=O) groups is 1. The molecule has 1 heterocycles. The number of allylic oxidation sites excluding steroid dienone is 1. The highest BCUT2D eigenvalue weighted by Gasteiger charge is 2.30. The van der Waals surface area contributed by atoms with Gasteiger partial charge in [-0.1, -0.05) is 52.0 Å².